The number of rotatable bonds is 7. The lowest BCUT2D eigenvalue weighted by atomic mass is 9.43. The van der Waals surface area contributed by atoms with Gasteiger partial charge in [-0.15, -0.1) is 0 Å². The van der Waals surface area contributed by atoms with Crippen LogP contribution in [0.15, 0.2) is 204 Å². The fraction of sp³-hybridized carbons (Fsp3) is 0.525. The Hall–Kier alpha value is -4.94. The Bertz CT molecular complexity index is 3160. The van der Waals surface area contributed by atoms with Gasteiger partial charge < -0.3 is 0 Å². The Morgan fingerprint density at radius 1 is 0.438 bits per heavy atom. The summed E-state index contributed by atoms with van der Waals surface area (Å²) in [5.74, 6) is 17.7. The molecule has 17 rings (SSSR count). The lowest BCUT2D eigenvalue weighted by Gasteiger charge is -2.61. The van der Waals surface area contributed by atoms with Crippen LogP contribution in [0.5, 0.6) is 0 Å². The summed E-state index contributed by atoms with van der Waals surface area (Å²) in [4.78, 5) is 0. The van der Waals surface area contributed by atoms with Gasteiger partial charge in [0.25, 0.3) is 0 Å². The SMILES string of the molecule is C1=CCC(C2=C(C3=CC4C(CC3)C3CC5C(c6ccccc6C6=CCCC=C6)C6C7CCCC8C9CC(C%10=C(C%11C=CC=CC%11)C=CC%11C=CC=CC%10%11)CCC9CC(C87)C6C(c6ccccc6)C5C5CCCC4C35)CCC=C2)C=C1. The van der Waals surface area contributed by atoms with Crippen LogP contribution in [0.3, 0.4) is 0 Å². The summed E-state index contributed by atoms with van der Waals surface area (Å²) in [6, 6.07) is 23.0. The van der Waals surface area contributed by atoms with Crippen LogP contribution in [0.2, 0.25) is 0 Å². The van der Waals surface area contributed by atoms with Gasteiger partial charge in [-0.25, -0.2) is 0 Å². The highest BCUT2D eigenvalue weighted by atomic mass is 14.7. The number of allylic oxidation sites excluding steroid dienone is 26. The first-order valence-electron chi connectivity index (χ1n) is 33.8. The van der Waals surface area contributed by atoms with Crippen LogP contribution in [0.1, 0.15) is 151 Å². The third kappa shape index (κ3) is 7.91. The number of fused-ring (bicyclic) bond motifs is 11. The van der Waals surface area contributed by atoms with Crippen molar-refractivity contribution in [2.75, 3.05) is 0 Å². The van der Waals surface area contributed by atoms with E-state index in [0.29, 0.717) is 41.4 Å². The van der Waals surface area contributed by atoms with Crippen molar-refractivity contribution in [2.45, 2.75) is 134 Å². The quantitative estimate of drug-likeness (QED) is 0.259. The summed E-state index contributed by atoms with van der Waals surface area (Å²) in [5.41, 5.74) is 15.5. The molecule has 80 heavy (non-hydrogen) atoms. The van der Waals surface area contributed by atoms with Crippen molar-refractivity contribution < 1.29 is 0 Å². The van der Waals surface area contributed by atoms with Gasteiger partial charge in [0.1, 0.15) is 0 Å². The molecule has 0 N–H and O–H groups in total. The second kappa shape index (κ2) is 20.4. The minimum Gasteiger partial charge on any atom is -0.0839 e. The molecule has 23 atom stereocenters. The molecule has 0 nitrogen and oxygen atoms in total. The second-order valence-electron chi connectivity index (χ2n) is 29.3. The molecule has 410 valence electrons. The fourth-order valence-corrected chi connectivity index (χ4v) is 24.5. The maximum absolute atomic E-state index is 3.02. The van der Waals surface area contributed by atoms with Crippen molar-refractivity contribution in [2.24, 2.45) is 124 Å². The third-order valence-corrected chi connectivity index (χ3v) is 26.6. The van der Waals surface area contributed by atoms with Crippen LogP contribution < -0.4 is 0 Å². The van der Waals surface area contributed by atoms with E-state index in [1.54, 1.807) is 44.6 Å². The third-order valence-electron chi connectivity index (χ3n) is 26.6. The second-order valence-corrected chi connectivity index (χ2v) is 29.3. The molecule has 0 spiro atoms. The van der Waals surface area contributed by atoms with Crippen molar-refractivity contribution in [3.8, 4) is 0 Å². The molecule has 0 bridgehead atoms. The van der Waals surface area contributed by atoms with E-state index in [1.165, 1.54) is 109 Å². The van der Waals surface area contributed by atoms with Gasteiger partial charge in [0, 0.05) is 23.7 Å². The first-order valence-corrected chi connectivity index (χ1v) is 33.8. The zero-order valence-electron chi connectivity index (χ0n) is 48.0. The molecule has 0 aromatic heterocycles. The largest absolute Gasteiger partial charge is 0.0839 e. The minimum absolute atomic E-state index is 0.523. The molecule has 15 aliphatic carbocycles. The van der Waals surface area contributed by atoms with E-state index in [4.69, 9.17) is 0 Å². The Balaban J connectivity index is 0.781. The molecule has 0 amide bonds. The maximum atomic E-state index is 3.02. The molecule has 0 heteroatoms. The predicted octanol–water partition coefficient (Wildman–Crippen LogP) is 20.0. The average Bonchev–Trinajstić information content (AvgIpc) is 4.06. The van der Waals surface area contributed by atoms with Gasteiger partial charge in [-0.3, -0.25) is 0 Å². The Kier molecular flexibility index (Phi) is 12.7. The molecule has 8 fully saturated rings. The highest BCUT2D eigenvalue weighted by molar-refractivity contribution is 5.77. The first kappa shape index (κ1) is 49.7. The summed E-state index contributed by atoms with van der Waals surface area (Å²) >= 11 is 0. The Morgan fingerprint density at radius 3 is 2.02 bits per heavy atom. The van der Waals surface area contributed by atoms with Crippen LogP contribution >= 0.6 is 0 Å². The van der Waals surface area contributed by atoms with Crippen LogP contribution in [-0.2, 0) is 0 Å². The number of benzene rings is 2. The molecule has 15 aliphatic rings. The van der Waals surface area contributed by atoms with Gasteiger partial charge in [-0.2, -0.15) is 0 Å². The Morgan fingerprint density at radius 2 is 1.19 bits per heavy atom. The minimum atomic E-state index is 0.523. The van der Waals surface area contributed by atoms with Crippen molar-refractivity contribution in [1.29, 1.82) is 0 Å². The van der Waals surface area contributed by atoms with Gasteiger partial charge >= 0.3 is 0 Å². The lowest BCUT2D eigenvalue weighted by Crippen LogP contribution is -2.54. The van der Waals surface area contributed by atoms with Gasteiger partial charge in [0.15, 0.2) is 0 Å². The molecule has 23 unspecified atom stereocenters. The van der Waals surface area contributed by atoms with Crippen molar-refractivity contribution >= 4 is 5.57 Å². The van der Waals surface area contributed by atoms with E-state index in [0.717, 1.165) is 108 Å². The van der Waals surface area contributed by atoms with E-state index < -0.39 is 0 Å². The monoisotopic (exact) mass is 1050 g/mol. The highest BCUT2D eigenvalue weighted by Gasteiger charge is 2.70. The molecule has 0 radical (unpaired) electrons. The summed E-state index contributed by atoms with van der Waals surface area (Å²) in [6.45, 7) is 0. The molecule has 2 aromatic carbocycles. The van der Waals surface area contributed by atoms with E-state index in [2.05, 4.69) is 176 Å². The normalized spacial score (nSPS) is 45.0. The molecule has 0 heterocycles. The average molecular weight is 1050 g/mol. The lowest BCUT2D eigenvalue weighted by molar-refractivity contribution is -0.0874. The summed E-state index contributed by atoms with van der Waals surface area (Å²) in [6.07, 6.45) is 76.0. The van der Waals surface area contributed by atoms with Crippen molar-refractivity contribution in [1.82, 2.24) is 0 Å². The number of hydrogen-bond donors (Lipinski definition) is 0. The van der Waals surface area contributed by atoms with Crippen LogP contribution in [0.4, 0.5) is 0 Å². The maximum Gasteiger partial charge on any atom is 0.00865 e. The van der Waals surface area contributed by atoms with E-state index >= 15 is 0 Å². The molecule has 0 aliphatic heterocycles. The molecular weight excluding hydrogens is 961 g/mol. The van der Waals surface area contributed by atoms with Crippen molar-refractivity contribution in [3.05, 3.63) is 221 Å². The van der Waals surface area contributed by atoms with Gasteiger partial charge in [-0.1, -0.05) is 195 Å². The summed E-state index contributed by atoms with van der Waals surface area (Å²) in [5, 5.41) is 0. The molecular formula is C80H90. The van der Waals surface area contributed by atoms with Crippen molar-refractivity contribution in [3.63, 3.8) is 0 Å². The zero-order chi connectivity index (χ0) is 52.4. The van der Waals surface area contributed by atoms with Crippen LogP contribution in [0.25, 0.3) is 5.57 Å². The number of hydrogen-bond acceptors (Lipinski definition) is 0. The fourth-order valence-electron chi connectivity index (χ4n) is 24.5. The smallest absolute Gasteiger partial charge is 0.00865 e. The predicted molar refractivity (Wildman–Crippen MR) is 332 cm³/mol. The van der Waals surface area contributed by atoms with Gasteiger partial charge in [-0.05, 0) is 266 Å². The first-order chi connectivity index (χ1) is 39.7. The van der Waals surface area contributed by atoms with E-state index in [-0.39, 0.29) is 0 Å². The molecule has 0 saturated heterocycles. The Labute approximate surface area is 481 Å². The summed E-state index contributed by atoms with van der Waals surface area (Å²) in [7, 11) is 0. The van der Waals surface area contributed by atoms with Crippen LogP contribution in [-0.4, -0.2) is 0 Å². The van der Waals surface area contributed by atoms with Gasteiger partial charge in [0.05, 0.1) is 0 Å². The summed E-state index contributed by atoms with van der Waals surface area (Å²) < 4.78 is 0. The standard InChI is InChI=1S/C80H90/c1-5-21-49(22-6-1)57-30-15-16-32-59(57)54-42-44-62-69(45-54)65-36-20-37-66-75(65)70(62)48-72-77(63-34-18-17-31-58(63)50-23-7-2-8-24-50)79-67-38-19-35-64-68-47-56(73-60-33-14-13-27-52(60)41-43-61(73)51-25-9-3-10-26-51)40-39-55(68)46-71(76(64)67)80(79)74(78(66)72)53-28-11-4-12-29-53/h1,3-7,9-15,17-18,21,23-25,27-31,33-34,41,43,45,49,51-52,55-56,60,62,64-72,74-80H,2,8,16,19-20,22,26,32,35-40,42,44,46-48H2. The zero-order valence-corrected chi connectivity index (χ0v) is 48.0. The topological polar surface area (TPSA) is 0 Å². The van der Waals surface area contributed by atoms with E-state index in [1.807, 2.05) is 5.57 Å². The van der Waals surface area contributed by atoms with E-state index in [9.17, 15) is 0 Å². The molecule has 8 saturated carbocycles. The van der Waals surface area contributed by atoms with Crippen LogP contribution in [0, 0.1) is 124 Å². The highest BCUT2D eigenvalue weighted by Crippen LogP contribution is 2.77. The molecule has 2 aromatic rings. The van der Waals surface area contributed by atoms with Gasteiger partial charge in [0.2, 0.25) is 0 Å².